The van der Waals surface area contributed by atoms with Crippen LogP contribution in [0.5, 0.6) is 0 Å². The fourth-order valence-electron chi connectivity index (χ4n) is 5.77. The molecule has 5 aromatic rings. The lowest BCUT2D eigenvalue weighted by atomic mass is 9.86. The van der Waals surface area contributed by atoms with Gasteiger partial charge >= 0.3 is 0 Å². The van der Waals surface area contributed by atoms with E-state index in [-0.39, 0.29) is 30.1 Å². The highest BCUT2D eigenvalue weighted by molar-refractivity contribution is 6.22. The summed E-state index contributed by atoms with van der Waals surface area (Å²) in [5, 5.41) is 47.1. The zero-order valence-electron chi connectivity index (χ0n) is 21.0. The molecular formula is C28H26N6O6. The van der Waals surface area contributed by atoms with Crippen LogP contribution in [0.4, 0.5) is 17.3 Å². The Morgan fingerprint density at radius 3 is 2.70 bits per heavy atom. The Labute approximate surface area is 226 Å². The zero-order valence-corrected chi connectivity index (χ0v) is 21.0. The Morgan fingerprint density at radius 1 is 1.12 bits per heavy atom. The number of fused-ring (bicyclic) bond motifs is 6. The van der Waals surface area contributed by atoms with Crippen molar-refractivity contribution < 1.29 is 25.2 Å². The maximum atomic E-state index is 13.0. The quantitative estimate of drug-likeness (QED) is 0.100. The summed E-state index contributed by atoms with van der Waals surface area (Å²) >= 11 is 0. The summed E-state index contributed by atoms with van der Waals surface area (Å²) in [6.45, 7) is -0.343. The van der Waals surface area contributed by atoms with E-state index in [1.54, 1.807) is 16.7 Å². The van der Waals surface area contributed by atoms with E-state index in [9.17, 15) is 25.2 Å². The molecule has 40 heavy (non-hydrogen) atoms. The van der Waals surface area contributed by atoms with Crippen molar-refractivity contribution in [1.29, 1.82) is 0 Å². The van der Waals surface area contributed by atoms with E-state index in [1.165, 1.54) is 12.4 Å². The number of aromatic nitrogens is 4. The highest BCUT2D eigenvalue weighted by Gasteiger charge is 2.35. The number of imidazole rings is 1. The van der Waals surface area contributed by atoms with Crippen molar-refractivity contribution in [1.82, 2.24) is 19.5 Å². The molecule has 12 nitrogen and oxygen atoms in total. The van der Waals surface area contributed by atoms with E-state index in [2.05, 4.69) is 20.3 Å². The van der Waals surface area contributed by atoms with Crippen LogP contribution < -0.4 is 16.6 Å². The molecule has 5 atom stereocenters. The van der Waals surface area contributed by atoms with Crippen LogP contribution in [0.15, 0.2) is 53.6 Å². The summed E-state index contributed by atoms with van der Waals surface area (Å²) in [6, 6.07) is 11.3. The standard InChI is InChI=1S/C28H26N6O6/c29-22-15-4-2-1-3-12(15)13-5-6-16-14(7-8-17(36)25(16)38)21(13)23(22)31-28-32-26-24(27(39)33-28)30-11-34(26)20-9-18(37)19(10-35)40-20/h1-8,11,17-20,25,35-38H,9-10,29H2,(H2,31,32,33,39)/t17?,18-,19+,20+,25?/m0/s1. The first-order chi connectivity index (χ1) is 19.4. The molecule has 0 radical (unpaired) electrons. The van der Waals surface area contributed by atoms with Crippen molar-refractivity contribution in [2.45, 2.75) is 37.1 Å². The number of H-pyrrole nitrogens is 1. The molecule has 2 unspecified atom stereocenters. The van der Waals surface area contributed by atoms with Crippen LogP contribution in [0.1, 0.15) is 29.9 Å². The molecule has 1 aliphatic heterocycles. The van der Waals surface area contributed by atoms with E-state index in [0.29, 0.717) is 27.9 Å². The molecule has 1 aliphatic carbocycles. The second kappa shape index (κ2) is 9.11. The van der Waals surface area contributed by atoms with Gasteiger partial charge in [-0.15, -0.1) is 0 Å². The second-order valence-corrected chi connectivity index (χ2v) is 10.1. The number of nitrogens with one attached hydrogen (secondary N) is 2. The van der Waals surface area contributed by atoms with E-state index >= 15 is 0 Å². The molecule has 204 valence electrons. The van der Waals surface area contributed by atoms with Crippen molar-refractivity contribution in [3.05, 3.63) is 70.3 Å². The summed E-state index contributed by atoms with van der Waals surface area (Å²) in [5.41, 5.74) is 8.67. The third kappa shape index (κ3) is 3.62. The van der Waals surface area contributed by atoms with Crippen molar-refractivity contribution in [2.75, 3.05) is 17.7 Å². The van der Waals surface area contributed by atoms with E-state index in [1.807, 2.05) is 30.3 Å². The maximum Gasteiger partial charge on any atom is 0.280 e. The van der Waals surface area contributed by atoms with Gasteiger partial charge in [0.2, 0.25) is 5.95 Å². The van der Waals surface area contributed by atoms with Gasteiger partial charge in [0, 0.05) is 17.2 Å². The van der Waals surface area contributed by atoms with Gasteiger partial charge in [0.15, 0.2) is 11.2 Å². The molecule has 3 aromatic carbocycles. The van der Waals surface area contributed by atoms with Crippen LogP contribution >= 0.6 is 0 Å². The third-order valence-corrected chi connectivity index (χ3v) is 7.78. The minimum absolute atomic E-state index is 0.0878. The second-order valence-electron chi connectivity index (χ2n) is 10.1. The summed E-state index contributed by atoms with van der Waals surface area (Å²) in [6.07, 6.45) is 0.452. The molecule has 1 fully saturated rings. The third-order valence-electron chi connectivity index (χ3n) is 7.78. The number of anilines is 3. The first-order valence-corrected chi connectivity index (χ1v) is 12.8. The number of aliphatic hydroxyl groups is 4. The Morgan fingerprint density at radius 2 is 1.93 bits per heavy atom. The van der Waals surface area contributed by atoms with Gasteiger partial charge < -0.3 is 36.2 Å². The van der Waals surface area contributed by atoms with Crippen molar-refractivity contribution in [3.63, 3.8) is 0 Å². The maximum absolute atomic E-state index is 13.0. The van der Waals surface area contributed by atoms with Gasteiger partial charge in [-0.25, -0.2) is 4.98 Å². The van der Waals surface area contributed by atoms with Gasteiger partial charge in [0.1, 0.15) is 24.5 Å². The number of nitrogen functional groups attached to an aromatic ring is 1. The number of rotatable bonds is 4. The Kier molecular flexibility index (Phi) is 5.63. The molecule has 0 amide bonds. The first-order valence-electron chi connectivity index (χ1n) is 12.8. The van der Waals surface area contributed by atoms with Crippen LogP contribution in [0, 0.1) is 0 Å². The Hall–Kier alpha value is -4.33. The van der Waals surface area contributed by atoms with Crippen molar-refractivity contribution in [3.8, 4) is 0 Å². The number of aromatic amines is 1. The number of aliphatic hydroxyl groups excluding tert-OH is 4. The molecular weight excluding hydrogens is 516 g/mol. The number of benzene rings is 3. The average molecular weight is 543 g/mol. The normalized spacial score (nSPS) is 24.2. The summed E-state index contributed by atoms with van der Waals surface area (Å²) in [5.74, 6) is 0.0951. The van der Waals surface area contributed by atoms with Gasteiger partial charge in [-0.2, -0.15) is 4.98 Å². The van der Waals surface area contributed by atoms with Gasteiger partial charge in [-0.05, 0) is 21.9 Å². The van der Waals surface area contributed by atoms with Gasteiger partial charge in [0.25, 0.3) is 5.56 Å². The predicted octanol–water partition coefficient (Wildman–Crippen LogP) is 1.81. The van der Waals surface area contributed by atoms with Crippen LogP contribution in [-0.4, -0.2) is 64.9 Å². The molecule has 0 bridgehead atoms. The van der Waals surface area contributed by atoms with Gasteiger partial charge in [-0.3, -0.25) is 14.3 Å². The highest BCUT2D eigenvalue weighted by atomic mass is 16.5. The van der Waals surface area contributed by atoms with E-state index in [4.69, 9.17) is 10.5 Å². The summed E-state index contributed by atoms with van der Waals surface area (Å²) in [7, 11) is 0. The number of ether oxygens (including phenoxy) is 1. The fourth-order valence-corrected chi connectivity index (χ4v) is 5.77. The minimum atomic E-state index is -1.11. The monoisotopic (exact) mass is 542 g/mol. The lowest BCUT2D eigenvalue weighted by molar-refractivity contribution is -0.0432. The lowest BCUT2D eigenvalue weighted by Crippen LogP contribution is -2.24. The molecule has 8 N–H and O–H groups in total. The summed E-state index contributed by atoms with van der Waals surface area (Å²) < 4.78 is 7.31. The molecule has 2 aromatic heterocycles. The number of nitrogens with zero attached hydrogens (tertiary/aromatic N) is 3. The molecule has 0 saturated carbocycles. The minimum Gasteiger partial charge on any atom is -0.397 e. The van der Waals surface area contributed by atoms with Crippen molar-refractivity contribution in [2.24, 2.45) is 0 Å². The van der Waals surface area contributed by atoms with Crippen LogP contribution in [0.2, 0.25) is 0 Å². The first kappa shape index (κ1) is 24.7. The molecule has 7 rings (SSSR count). The molecule has 0 spiro atoms. The number of hydrogen-bond acceptors (Lipinski definition) is 10. The fraction of sp³-hybridized carbons (Fsp3) is 0.250. The molecule has 12 heteroatoms. The van der Waals surface area contributed by atoms with Crippen LogP contribution in [0.25, 0.3) is 38.8 Å². The Bertz CT molecular complexity index is 1900. The Balaban J connectivity index is 1.42. The molecule has 2 aliphatic rings. The SMILES string of the molecule is Nc1c(Nc2nc3c(ncn3[C@H]3C[C@H](O)[C@@H](CO)O3)c(=O)[nH]2)c2c3c(ccc2c2ccccc12)C(O)C(O)C=C3. The number of nitrogens with two attached hydrogens (primary N) is 1. The topological polar surface area (TPSA) is 192 Å². The lowest BCUT2D eigenvalue weighted by Gasteiger charge is -2.25. The summed E-state index contributed by atoms with van der Waals surface area (Å²) in [4.78, 5) is 24.6. The van der Waals surface area contributed by atoms with E-state index < -0.39 is 36.2 Å². The van der Waals surface area contributed by atoms with Crippen LogP contribution in [-0.2, 0) is 4.74 Å². The number of hydrogen-bond donors (Lipinski definition) is 7. The molecule has 1 saturated heterocycles. The van der Waals surface area contributed by atoms with Gasteiger partial charge in [0.05, 0.1) is 30.4 Å². The highest BCUT2D eigenvalue weighted by Crippen LogP contribution is 2.44. The largest absolute Gasteiger partial charge is 0.397 e. The predicted molar refractivity (Wildman–Crippen MR) is 149 cm³/mol. The smallest absolute Gasteiger partial charge is 0.280 e. The average Bonchev–Trinajstić information content (AvgIpc) is 3.55. The van der Waals surface area contributed by atoms with Crippen molar-refractivity contribution >= 4 is 56.1 Å². The van der Waals surface area contributed by atoms with E-state index in [0.717, 1.165) is 16.2 Å². The van der Waals surface area contributed by atoms with Gasteiger partial charge in [-0.1, -0.05) is 48.6 Å². The zero-order chi connectivity index (χ0) is 27.7. The molecule has 3 heterocycles. The van der Waals surface area contributed by atoms with Crippen LogP contribution in [0.3, 0.4) is 0 Å².